The van der Waals surface area contributed by atoms with Crippen LogP contribution in [0, 0.1) is 26.2 Å². The Labute approximate surface area is 173 Å². The van der Waals surface area contributed by atoms with Crippen molar-refractivity contribution in [2.24, 2.45) is 5.41 Å². The van der Waals surface area contributed by atoms with Crippen molar-refractivity contribution in [3.8, 4) is 0 Å². The molecule has 28 heavy (non-hydrogen) atoms. The monoisotopic (exact) mass is 386 g/mol. The fraction of sp³-hybridized carbons (Fsp3) is 0.731. The van der Waals surface area contributed by atoms with Gasteiger partial charge in [0.25, 0.3) is 6.47 Å². The van der Waals surface area contributed by atoms with Gasteiger partial charge in [0.05, 0.1) is 0 Å². The van der Waals surface area contributed by atoms with E-state index in [1.165, 1.54) is 55.2 Å². The Morgan fingerprint density at radius 1 is 0.964 bits per heavy atom. The molecular weight excluding hydrogens is 344 g/mol. The van der Waals surface area contributed by atoms with Gasteiger partial charge in [-0.15, -0.1) is 0 Å². The molecule has 1 fully saturated rings. The molecule has 1 aliphatic carbocycles. The number of benzene rings is 1. The van der Waals surface area contributed by atoms with Gasteiger partial charge in [0.15, 0.2) is 0 Å². The third-order valence-corrected chi connectivity index (χ3v) is 6.66. The molecule has 2 nitrogen and oxygen atoms in total. The van der Waals surface area contributed by atoms with E-state index in [0.717, 1.165) is 32.1 Å². The molecule has 0 aliphatic heterocycles. The molecule has 1 aliphatic rings. The Morgan fingerprint density at radius 2 is 1.64 bits per heavy atom. The highest BCUT2D eigenvalue weighted by molar-refractivity contribution is 5.44. The van der Waals surface area contributed by atoms with Crippen LogP contribution in [0.4, 0.5) is 0 Å². The van der Waals surface area contributed by atoms with Crippen LogP contribution in [0.5, 0.6) is 0 Å². The summed E-state index contributed by atoms with van der Waals surface area (Å²) in [6, 6.07) is 2.43. The van der Waals surface area contributed by atoms with E-state index < -0.39 is 0 Å². The van der Waals surface area contributed by atoms with E-state index in [0.29, 0.717) is 11.9 Å². The quantitative estimate of drug-likeness (QED) is 0.281. The first kappa shape index (κ1) is 23.0. The molecular formula is C26H42O2. The fourth-order valence-electron chi connectivity index (χ4n) is 4.39. The minimum atomic E-state index is -0.101. The van der Waals surface area contributed by atoms with Crippen molar-refractivity contribution < 1.29 is 9.53 Å². The van der Waals surface area contributed by atoms with Crippen molar-refractivity contribution in [1.29, 1.82) is 0 Å². The first-order valence-corrected chi connectivity index (χ1v) is 11.4. The van der Waals surface area contributed by atoms with E-state index >= 15 is 0 Å². The minimum absolute atomic E-state index is 0.101. The molecule has 0 radical (unpaired) electrons. The van der Waals surface area contributed by atoms with Crippen LogP contribution in [-0.4, -0.2) is 12.1 Å². The molecule has 0 N–H and O–H groups in total. The molecule has 2 rings (SSSR count). The molecule has 0 atom stereocenters. The van der Waals surface area contributed by atoms with E-state index in [-0.39, 0.29) is 5.60 Å². The van der Waals surface area contributed by atoms with Crippen LogP contribution >= 0.6 is 0 Å². The minimum Gasteiger partial charge on any atom is -0.461 e. The van der Waals surface area contributed by atoms with Gasteiger partial charge in [-0.3, -0.25) is 4.79 Å². The number of aryl methyl sites for hydroxylation is 2. The van der Waals surface area contributed by atoms with Crippen LogP contribution in [0.2, 0.25) is 0 Å². The second-order valence-electron chi connectivity index (χ2n) is 10.3. The lowest BCUT2D eigenvalue weighted by molar-refractivity contribution is -0.135. The van der Waals surface area contributed by atoms with Gasteiger partial charge in [-0.2, -0.15) is 0 Å². The van der Waals surface area contributed by atoms with Crippen LogP contribution < -0.4 is 0 Å². The van der Waals surface area contributed by atoms with Crippen molar-refractivity contribution in [1.82, 2.24) is 0 Å². The molecule has 0 bridgehead atoms. The summed E-state index contributed by atoms with van der Waals surface area (Å²) in [7, 11) is 0. The number of carbonyl (C=O) groups excluding carboxylic acids is 1. The zero-order valence-electron chi connectivity index (χ0n) is 19.2. The van der Waals surface area contributed by atoms with Gasteiger partial charge in [0.2, 0.25) is 0 Å². The average molecular weight is 387 g/mol. The lowest BCUT2D eigenvalue weighted by atomic mass is 9.87. The predicted octanol–water partition coefficient (Wildman–Crippen LogP) is 7.18. The molecule has 1 aromatic carbocycles. The highest BCUT2D eigenvalue weighted by atomic mass is 16.5. The predicted molar refractivity (Wildman–Crippen MR) is 119 cm³/mol. The maximum atomic E-state index is 10.6. The standard InChI is InChI=1S/C26H42O2/c1-20-18-23(12-8-7-10-14-25(4,5)6)22(3)24(21(20)2)13-9-11-15-26(16-17-26)28-19-27/h18-19H,7-17H2,1-6H3. The maximum absolute atomic E-state index is 10.6. The topological polar surface area (TPSA) is 26.3 Å². The highest BCUT2D eigenvalue weighted by Gasteiger charge is 2.44. The third kappa shape index (κ3) is 6.94. The van der Waals surface area contributed by atoms with Crippen LogP contribution in [0.15, 0.2) is 6.07 Å². The molecule has 0 saturated heterocycles. The van der Waals surface area contributed by atoms with Crippen LogP contribution in [-0.2, 0) is 22.4 Å². The summed E-state index contributed by atoms with van der Waals surface area (Å²) in [6.07, 6.45) is 13.1. The Morgan fingerprint density at radius 3 is 2.25 bits per heavy atom. The lowest BCUT2D eigenvalue weighted by Gasteiger charge is -2.19. The Hall–Kier alpha value is -1.31. The van der Waals surface area contributed by atoms with Gasteiger partial charge in [0.1, 0.15) is 5.60 Å². The summed E-state index contributed by atoms with van der Waals surface area (Å²) in [5.41, 5.74) is 7.90. The number of unbranched alkanes of at least 4 members (excludes halogenated alkanes) is 3. The van der Waals surface area contributed by atoms with Crippen molar-refractivity contribution >= 4 is 6.47 Å². The van der Waals surface area contributed by atoms with E-state index in [2.05, 4.69) is 47.6 Å². The normalized spacial score (nSPS) is 15.5. The van der Waals surface area contributed by atoms with Gasteiger partial charge in [0, 0.05) is 0 Å². The molecule has 0 heterocycles. The number of rotatable bonds is 12. The van der Waals surface area contributed by atoms with Crippen LogP contribution in [0.3, 0.4) is 0 Å². The maximum Gasteiger partial charge on any atom is 0.293 e. The van der Waals surface area contributed by atoms with Crippen molar-refractivity contribution in [3.63, 3.8) is 0 Å². The van der Waals surface area contributed by atoms with E-state index in [1.54, 1.807) is 11.1 Å². The second-order valence-corrected chi connectivity index (χ2v) is 10.3. The summed E-state index contributed by atoms with van der Waals surface area (Å²) in [5.74, 6) is 0. The van der Waals surface area contributed by atoms with E-state index in [9.17, 15) is 4.79 Å². The van der Waals surface area contributed by atoms with Gasteiger partial charge >= 0.3 is 0 Å². The first-order valence-electron chi connectivity index (χ1n) is 11.4. The Balaban J connectivity index is 1.86. The summed E-state index contributed by atoms with van der Waals surface area (Å²) < 4.78 is 5.28. The van der Waals surface area contributed by atoms with Crippen LogP contribution in [0.25, 0.3) is 0 Å². The zero-order chi connectivity index (χ0) is 20.8. The first-order chi connectivity index (χ1) is 13.2. The van der Waals surface area contributed by atoms with Crippen molar-refractivity contribution in [2.75, 3.05) is 0 Å². The molecule has 0 spiro atoms. The highest BCUT2D eigenvalue weighted by Crippen LogP contribution is 2.43. The molecule has 1 aromatic rings. The van der Waals surface area contributed by atoms with Gasteiger partial charge in [-0.25, -0.2) is 0 Å². The fourth-order valence-corrected chi connectivity index (χ4v) is 4.39. The number of hydrogen-bond acceptors (Lipinski definition) is 2. The second kappa shape index (κ2) is 9.94. The van der Waals surface area contributed by atoms with Gasteiger partial charge in [-0.1, -0.05) is 39.7 Å². The van der Waals surface area contributed by atoms with E-state index in [4.69, 9.17) is 4.74 Å². The summed E-state index contributed by atoms with van der Waals surface area (Å²) >= 11 is 0. The van der Waals surface area contributed by atoms with Crippen LogP contribution in [0.1, 0.15) is 106 Å². The zero-order valence-corrected chi connectivity index (χ0v) is 19.2. The molecule has 0 aromatic heterocycles. The third-order valence-electron chi connectivity index (χ3n) is 6.66. The lowest BCUT2D eigenvalue weighted by Crippen LogP contribution is -2.13. The summed E-state index contributed by atoms with van der Waals surface area (Å²) in [5, 5.41) is 0. The average Bonchev–Trinajstić information content (AvgIpc) is 3.37. The smallest absolute Gasteiger partial charge is 0.293 e. The molecule has 0 unspecified atom stereocenters. The Kier molecular flexibility index (Phi) is 8.16. The molecule has 2 heteroatoms. The molecule has 158 valence electrons. The molecule has 0 amide bonds. The largest absolute Gasteiger partial charge is 0.461 e. The van der Waals surface area contributed by atoms with E-state index in [1.807, 2.05) is 0 Å². The summed E-state index contributed by atoms with van der Waals surface area (Å²) in [4.78, 5) is 10.6. The SMILES string of the molecule is Cc1cc(CCCCCC(C)(C)C)c(C)c(CCCCC2(OC=O)CC2)c1C. The summed E-state index contributed by atoms with van der Waals surface area (Å²) in [6.45, 7) is 14.5. The molecule has 1 saturated carbocycles. The van der Waals surface area contributed by atoms with Crippen molar-refractivity contribution in [3.05, 3.63) is 33.9 Å². The van der Waals surface area contributed by atoms with Gasteiger partial charge < -0.3 is 4.74 Å². The Bertz CT molecular complexity index is 647. The number of hydrogen-bond donors (Lipinski definition) is 0. The van der Waals surface area contributed by atoms with Gasteiger partial charge in [-0.05, 0) is 112 Å². The number of carbonyl (C=O) groups is 1. The van der Waals surface area contributed by atoms with Crippen molar-refractivity contribution in [2.45, 2.75) is 118 Å². The number of ether oxygens (including phenoxy) is 1.